The summed E-state index contributed by atoms with van der Waals surface area (Å²) in [4.78, 5) is 28.7. The fraction of sp³-hybridized carbons (Fsp3) is 0.613. The van der Waals surface area contributed by atoms with Gasteiger partial charge in [0.15, 0.2) is 0 Å². The zero-order valence-electron chi connectivity index (χ0n) is 24.6. The molecule has 224 valence electrons. The van der Waals surface area contributed by atoms with Crippen LogP contribution in [0.3, 0.4) is 0 Å². The second-order valence-electron chi connectivity index (χ2n) is 11.5. The van der Waals surface area contributed by atoms with Crippen molar-refractivity contribution in [2.75, 3.05) is 26.2 Å². The molecule has 5 N–H and O–H groups in total. The summed E-state index contributed by atoms with van der Waals surface area (Å²) in [6.45, 7) is 10.8. The molecule has 0 heterocycles. The van der Waals surface area contributed by atoms with E-state index in [-0.39, 0.29) is 43.5 Å². The van der Waals surface area contributed by atoms with Crippen molar-refractivity contribution in [2.45, 2.75) is 78.9 Å². The van der Waals surface area contributed by atoms with E-state index in [0.717, 1.165) is 18.9 Å². The third-order valence-corrected chi connectivity index (χ3v) is 7.47. The van der Waals surface area contributed by atoms with Crippen molar-refractivity contribution in [1.82, 2.24) is 10.2 Å². The number of aliphatic hydroxyl groups is 2. The Labute approximate surface area is 237 Å². The van der Waals surface area contributed by atoms with Gasteiger partial charge in [0.25, 0.3) is 0 Å². The Morgan fingerprint density at radius 1 is 1.12 bits per heavy atom. The Bertz CT molecular complexity index is 1050. The van der Waals surface area contributed by atoms with E-state index in [1.165, 1.54) is 12.1 Å². The molecule has 0 saturated carbocycles. The number of rotatable bonds is 16. The van der Waals surface area contributed by atoms with Crippen molar-refractivity contribution in [2.24, 2.45) is 23.0 Å². The van der Waals surface area contributed by atoms with Gasteiger partial charge in [-0.15, -0.1) is 0 Å². The van der Waals surface area contributed by atoms with Crippen LogP contribution < -0.4 is 11.1 Å². The van der Waals surface area contributed by atoms with Crippen molar-refractivity contribution in [1.29, 1.82) is 0 Å². The number of carbonyl (C=O) groups is 2. The van der Waals surface area contributed by atoms with Gasteiger partial charge in [0.1, 0.15) is 11.6 Å². The van der Waals surface area contributed by atoms with Crippen LogP contribution in [0.4, 0.5) is 8.78 Å². The molecule has 1 aliphatic rings. The Morgan fingerprint density at radius 2 is 1.73 bits per heavy atom. The second kappa shape index (κ2) is 15.4. The molecule has 0 fully saturated rings. The minimum Gasteiger partial charge on any atom is -0.395 e. The average Bonchev–Trinajstić information content (AvgIpc) is 2.87. The molecule has 0 spiro atoms. The molecule has 9 heteroatoms. The molecule has 1 aromatic rings. The van der Waals surface area contributed by atoms with E-state index in [4.69, 9.17) is 5.73 Å². The zero-order valence-corrected chi connectivity index (χ0v) is 24.6. The lowest BCUT2D eigenvalue weighted by Crippen LogP contribution is -2.52. The number of hydrogen-bond acceptors (Lipinski definition) is 5. The van der Waals surface area contributed by atoms with E-state index >= 15 is 0 Å². The fourth-order valence-electron chi connectivity index (χ4n) is 5.78. The largest absolute Gasteiger partial charge is 0.395 e. The Balaban J connectivity index is 2.54. The normalized spacial score (nSPS) is 19.6. The van der Waals surface area contributed by atoms with Crippen molar-refractivity contribution < 1.29 is 28.6 Å². The van der Waals surface area contributed by atoms with Crippen LogP contribution in [-0.2, 0) is 16.0 Å². The summed E-state index contributed by atoms with van der Waals surface area (Å²) in [5.41, 5.74) is 5.88. The molecule has 40 heavy (non-hydrogen) atoms. The van der Waals surface area contributed by atoms with E-state index in [1.807, 2.05) is 27.7 Å². The second-order valence-corrected chi connectivity index (χ2v) is 11.5. The van der Waals surface area contributed by atoms with Crippen molar-refractivity contribution in [3.63, 3.8) is 0 Å². The minimum absolute atomic E-state index is 0.00706. The van der Waals surface area contributed by atoms with Crippen LogP contribution in [0.5, 0.6) is 0 Å². The van der Waals surface area contributed by atoms with Gasteiger partial charge >= 0.3 is 0 Å². The number of hydrogen-bond donors (Lipinski definition) is 4. The van der Waals surface area contributed by atoms with Gasteiger partial charge in [0.05, 0.1) is 18.1 Å². The first-order valence-electron chi connectivity index (χ1n) is 14.3. The molecule has 1 aliphatic carbocycles. The van der Waals surface area contributed by atoms with Crippen LogP contribution in [-0.4, -0.2) is 65.3 Å². The Hall–Kier alpha value is -2.62. The van der Waals surface area contributed by atoms with Crippen LogP contribution in [0.1, 0.15) is 65.9 Å². The minimum atomic E-state index is -1.50. The van der Waals surface area contributed by atoms with Gasteiger partial charge < -0.3 is 26.2 Å². The molecule has 2 rings (SSSR count). The Kier molecular flexibility index (Phi) is 12.9. The van der Waals surface area contributed by atoms with Crippen LogP contribution in [0.25, 0.3) is 0 Å². The first-order chi connectivity index (χ1) is 18.9. The molecule has 0 aliphatic heterocycles. The van der Waals surface area contributed by atoms with Gasteiger partial charge in [-0.25, -0.2) is 8.78 Å². The van der Waals surface area contributed by atoms with Gasteiger partial charge in [-0.05, 0) is 62.6 Å². The highest BCUT2D eigenvalue weighted by Gasteiger charge is 2.48. The standard InChI is InChI=1S/C31H47F2N3O4/c1-6-8-36(9-7-2)29(39)23-11-21(5)16-31(17-23,30(34)40)27(14-22-12-24(32)15-25(33)13-22)28(38)18-35-26(19-37)10-20(3)4/h11-13,15-16,20,26-28,35,37-38H,6-10,14,17-19H2,1-5H3,(H2,34,40)/t26-,27+,28-,31?/m0/s1. The number of halogens is 2. The molecule has 0 aromatic heterocycles. The van der Waals surface area contributed by atoms with E-state index < -0.39 is 35.0 Å². The molecular formula is C31H47F2N3O4. The lowest BCUT2D eigenvalue weighted by molar-refractivity contribution is -0.132. The smallest absolute Gasteiger partial charge is 0.249 e. The molecule has 4 atom stereocenters. The molecule has 1 unspecified atom stereocenters. The van der Waals surface area contributed by atoms with E-state index in [0.29, 0.717) is 36.6 Å². The van der Waals surface area contributed by atoms with Crippen molar-refractivity contribution in [3.05, 3.63) is 58.7 Å². The third-order valence-electron chi connectivity index (χ3n) is 7.47. The van der Waals surface area contributed by atoms with Crippen molar-refractivity contribution >= 4 is 11.8 Å². The zero-order chi connectivity index (χ0) is 30.0. The summed E-state index contributed by atoms with van der Waals surface area (Å²) >= 11 is 0. The van der Waals surface area contributed by atoms with E-state index in [9.17, 15) is 28.6 Å². The average molecular weight is 564 g/mol. The number of nitrogens with two attached hydrogens (primary N) is 1. The van der Waals surface area contributed by atoms with Gasteiger partial charge in [0.2, 0.25) is 11.8 Å². The Morgan fingerprint density at radius 3 is 2.23 bits per heavy atom. The molecule has 0 radical (unpaired) electrons. The quantitative estimate of drug-likeness (QED) is 0.244. The topological polar surface area (TPSA) is 116 Å². The lowest BCUT2D eigenvalue weighted by atomic mass is 9.63. The van der Waals surface area contributed by atoms with Gasteiger partial charge in [-0.3, -0.25) is 9.59 Å². The monoisotopic (exact) mass is 563 g/mol. The fourth-order valence-corrected chi connectivity index (χ4v) is 5.78. The van der Waals surface area contributed by atoms with E-state index in [2.05, 4.69) is 5.32 Å². The number of primary amides is 1. The number of allylic oxidation sites excluding steroid dienone is 2. The number of amides is 2. The summed E-state index contributed by atoms with van der Waals surface area (Å²) in [5.74, 6) is -3.09. The van der Waals surface area contributed by atoms with Gasteiger partial charge in [-0.2, -0.15) is 0 Å². The highest BCUT2D eigenvalue weighted by molar-refractivity contribution is 5.96. The predicted molar refractivity (Wildman–Crippen MR) is 153 cm³/mol. The number of carbonyl (C=O) groups excluding carboxylic acids is 2. The first-order valence-corrected chi connectivity index (χ1v) is 14.3. The van der Waals surface area contributed by atoms with Crippen molar-refractivity contribution in [3.8, 4) is 0 Å². The number of nitrogens with zero attached hydrogens (tertiary/aromatic N) is 1. The number of nitrogens with one attached hydrogen (secondary N) is 1. The number of benzene rings is 1. The van der Waals surface area contributed by atoms with Crippen LogP contribution in [0.15, 0.2) is 41.5 Å². The van der Waals surface area contributed by atoms with E-state index in [1.54, 1.807) is 24.0 Å². The summed E-state index contributed by atoms with van der Waals surface area (Å²) in [6.07, 6.45) is 4.33. The molecule has 0 bridgehead atoms. The van der Waals surface area contributed by atoms with Crippen LogP contribution in [0.2, 0.25) is 0 Å². The first kappa shape index (κ1) is 33.6. The number of aliphatic hydroxyl groups excluding tert-OH is 2. The molecule has 7 nitrogen and oxygen atoms in total. The van der Waals surface area contributed by atoms with Gasteiger partial charge in [-0.1, -0.05) is 45.4 Å². The highest BCUT2D eigenvalue weighted by atomic mass is 19.1. The SMILES string of the molecule is CCCN(CCC)C(=O)C1=CC(C)=CC(C(N)=O)([C@H](Cc2cc(F)cc(F)c2)[C@@H](O)CN[C@H](CO)CC(C)C)C1. The molecule has 0 saturated heterocycles. The van der Waals surface area contributed by atoms with Gasteiger partial charge in [0, 0.05) is 43.2 Å². The third kappa shape index (κ3) is 8.94. The maximum atomic E-state index is 14.2. The van der Waals surface area contributed by atoms with Crippen LogP contribution >= 0.6 is 0 Å². The highest BCUT2D eigenvalue weighted by Crippen LogP contribution is 2.44. The maximum absolute atomic E-state index is 14.2. The molecular weight excluding hydrogens is 516 g/mol. The molecule has 1 aromatic carbocycles. The maximum Gasteiger partial charge on any atom is 0.249 e. The predicted octanol–water partition coefficient (Wildman–Crippen LogP) is 3.88. The van der Waals surface area contributed by atoms with Crippen LogP contribution in [0, 0.1) is 28.9 Å². The molecule has 2 amide bonds. The lowest BCUT2D eigenvalue weighted by Gasteiger charge is -2.42. The summed E-state index contributed by atoms with van der Waals surface area (Å²) < 4.78 is 28.3. The summed E-state index contributed by atoms with van der Waals surface area (Å²) in [7, 11) is 0. The summed E-state index contributed by atoms with van der Waals surface area (Å²) in [5, 5.41) is 24.5. The summed E-state index contributed by atoms with van der Waals surface area (Å²) in [6, 6.07) is 2.82.